The van der Waals surface area contributed by atoms with E-state index in [-0.39, 0.29) is 0 Å². The summed E-state index contributed by atoms with van der Waals surface area (Å²) in [4.78, 5) is 18.0. The van der Waals surface area contributed by atoms with Crippen LogP contribution < -0.4 is 10.4 Å². The number of carbonyl (C=O) groups is 1. The summed E-state index contributed by atoms with van der Waals surface area (Å²) < 4.78 is 1.02. The Morgan fingerprint density at radius 3 is 2.82 bits per heavy atom. The molecule has 5 nitrogen and oxygen atoms in total. The first-order chi connectivity index (χ1) is 10.7. The van der Waals surface area contributed by atoms with Gasteiger partial charge in [-0.1, -0.05) is 24.3 Å². The standard InChI is InChI=1S/C16H14BrN3O2/c17-14-7-8-18-15-13(14)2-1-9-20(15)10-11-3-5-12(6-4-11)16(21)19-22/h1-8,22H,9-10H2,(H,19,21). The van der Waals surface area contributed by atoms with Gasteiger partial charge < -0.3 is 4.90 Å². The maximum atomic E-state index is 11.3. The first-order valence-corrected chi connectivity index (χ1v) is 7.57. The van der Waals surface area contributed by atoms with Crippen LogP contribution in [0.1, 0.15) is 21.5 Å². The number of nitrogens with zero attached hydrogens (tertiary/aromatic N) is 2. The van der Waals surface area contributed by atoms with Crippen molar-refractivity contribution in [2.24, 2.45) is 0 Å². The zero-order chi connectivity index (χ0) is 15.5. The van der Waals surface area contributed by atoms with Gasteiger partial charge in [-0.25, -0.2) is 10.5 Å². The number of hydrogen-bond acceptors (Lipinski definition) is 4. The molecule has 1 aliphatic rings. The molecule has 0 fully saturated rings. The van der Waals surface area contributed by atoms with E-state index >= 15 is 0 Å². The first-order valence-electron chi connectivity index (χ1n) is 6.78. The summed E-state index contributed by atoms with van der Waals surface area (Å²) >= 11 is 3.54. The van der Waals surface area contributed by atoms with Crippen LogP contribution in [0.3, 0.4) is 0 Å². The number of rotatable bonds is 3. The number of halogens is 1. The average molecular weight is 360 g/mol. The van der Waals surface area contributed by atoms with E-state index in [0.29, 0.717) is 12.1 Å². The zero-order valence-electron chi connectivity index (χ0n) is 11.7. The third-order valence-electron chi connectivity index (χ3n) is 3.52. The van der Waals surface area contributed by atoms with E-state index in [0.717, 1.165) is 28.0 Å². The fourth-order valence-corrected chi connectivity index (χ4v) is 2.84. The van der Waals surface area contributed by atoms with Gasteiger partial charge in [-0.05, 0) is 39.7 Å². The van der Waals surface area contributed by atoms with Crippen LogP contribution in [0.5, 0.6) is 0 Å². The minimum atomic E-state index is -0.511. The Bertz CT molecular complexity index is 729. The Balaban J connectivity index is 1.81. The number of benzene rings is 1. The van der Waals surface area contributed by atoms with Crippen molar-refractivity contribution >= 4 is 33.7 Å². The van der Waals surface area contributed by atoms with E-state index in [1.807, 2.05) is 18.2 Å². The second kappa shape index (κ2) is 6.29. The summed E-state index contributed by atoms with van der Waals surface area (Å²) in [6.45, 7) is 1.48. The van der Waals surface area contributed by atoms with E-state index in [4.69, 9.17) is 5.21 Å². The van der Waals surface area contributed by atoms with Crippen LogP contribution in [-0.4, -0.2) is 22.6 Å². The number of aromatic nitrogens is 1. The van der Waals surface area contributed by atoms with Gasteiger partial charge in [0.25, 0.3) is 5.91 Å². The number of nitrogens with one attached hydrogen (secondary N) is 1. The largest absolute Gasteiger partial charge is 0.348 e. The molecule has 0 atom stereocenters. The van der Waals surface area contributed by atoms with Crippen LogP contribution >= 0.6 is 15.9 Å². The van der Waals surface area contributed by atoms with Crippen molar-refractivity contribution in [1.82, 2.24) is 10.5 Å². The third-order valence-corrected chi connectivity index (χ3v) is 4.21. The maximum absolute atomic E-state index is 11.3. The SMILES string of the molecule is O=C(NO)c1ccc(CN2CC=Cc3c(Br)ccnc32)cc1. The highest BCUT2D eigenvalue weighted by Crippen LogP contribution is 2.30. The first kappa shape index (κ1) is 14.7. The van der Waals surface area contributed by atoms with Gasteiger partial charge in [0.1, 0.15) is 5.82 Å². The van der Waals surface area contributed by atoms with Crippen molar-refractivity contribution in [2.75, 3.05) is 11.4 Å². The van der Waals surface area contributed by atoms with Gasteiger partial charge in [0, 0.05) is 34.9 Å². The molecule has 1 aromatic carbocycles. The van der Waals surface area contributed by atoms with Gasteiger partial charge in [0.05, 0.1) is 0 Å². The molecular formula is C16H14BrN3O2. The fraction of sp³-hybridized carbons (Fsp3) is 0.125. The molecule has 0 saturated heterocycles. The molecule has 6 heteroatoms. The normalized spacial score (nSPS) is 12.9. The number of anilines is 1. The molecule has 0 aliphatic carbocycles. The molecule has 112 valence electrons. The Labute approximate surface area is 136 Å². The highest BCUT2D eigenvalue weighted by atomic mass is 79.9. The van der Waals surface area contributed by atoms with Gasteiger partial charge in [-0.3, -0.25) is 10.0 Å². The Hall–Kier alpha value is -2.18. The Morgan fingerprint density at radius 1 is 1.32 bits per heavy atom. The van der Waals surface area contributed by atoms with Gasteiger partial charge in [0.2, 0.25) is 0 Å². The number of amides is 1. The van der Waals surface area contributed by atoms with Crippen LogP contribution in [0.4, 0.5) is 5.82 Å². The van der Waals surface area contributed by atoms with Crippen LogP contribution in [0.15, 0.2) is 47.1 Å². The van der Waals surface area contributed by atoms with Crippen molar-refractivity contribution < 1.29 is 10.0 Å². The molecule has 22 heavy (non-hydrogen) atoms. The minimum absolute atomic E-state index is 0.422. The highest BCUT2D eigenvalue weighted by Gasteiger charge is 2.16. The molecule has 2 heterocycles. The van der Waals surface area contributed by atoms with Crippen LogP contribution in [0.25, 0.3) is 6.08 Å². The summed E-state index contributed by atoms with van der Waals surface area (Å²) in [6.07, 6.45) is 5.95. The molecule has 0 bridgehead atoms. The molecular weight excluding hydrogens is 346 g/mol. The lowest BCUT2D eigenvalue weighted by Gasteiger charge is -2.27. The van der Waals surface area contributed by atoms with Gasteiger partial charge in [-0.15, -0.1) is 0 Å². The summed E-state index contributed by atoms with van der Waals surface area (Å²) in [7, 11) is 0. The number of fused-ring (bicyclic) bond motifs is 1. The molecule has 2 N–H and O–H groups in total. The van der Waals surface area contributed by atoms with E-state index < -0.39 is 5.91 Å². The van der Waals surface area contributed by atoms with E-state index in [1.165, 1.54) is 0 Å². The quantitative estimate of drug-likeness (QED) is 0.653. The third kappa shape index (κ3) is 2.88. The topological polar surface area (TPSA) is 65.5 Å². The molecule has 2 aromatic rings. The number of hydrogen-bond donors (Lipinski definition) is 2. The van der Waals surface area contributed by atoms with Crippen LogP contribution in [0, 0.1) is 0 Å². The fourth-order valence-electron chi connectivity index (χ4n) is 2.42. The van der Waals surface area contributed by atoms with E-state index in [1.54, 1.807) is 23.8 Å². The van der Waals surface area contributed by atoms with Crippen molar-refractivity contribution in [3.63, 3.8) is 0 Å². The molecule has 1 amide bonds. The number of carbonyl (C=O) groups excluding carboxylic acids is 1. The summed E-state index contributed by atoms with van der Waals surface area (Å²) in [5.74, 6) is 0.428. The van der Waals surface area contributed by atoms with Crippen molar-refractivity contribution in [3.05, 3.63) is 63.8 Å². The lowest BCUT2D eigenvalue weighted by atomic mass is 10.1. The van der Waals surface area contributed by atoms with Crippen LogP contribution in [-0.2, 0) is 6.54 Å². The molecule has 1 aliphatic heterocycles. The molecule has 0 saturated carbocycles. The maximum Gasteiger partial charge on any atom is 0.274 e. The average Bonchev–Trinajstić information content (AvgIpc) is 2.56. The zero-order valence-corrected chi connectivity index (χ0v) is 13.2. The lowest BCUT2D eigenvalue weighted by molar-refractivity contribution is 0.0706. The molecule has 0 unspecified atom stereocenters. The minimum Gasteiger partial charge on any atom is -0.348 e. The second-order valence-electron chi connectivity index (χ2n) is 4.95. The number of hydroxylamine groups is 1. The summed E-state index contributed by atoms with van der Waals surface area (Å²) in [5.41, 5.74) is 4.19. The van der Waals surface area contributed by atoms with Crippen molar-refractivity contribution in [2.45, 2.75) is 6.54 Å². The monoisotopic (exact) mass is 359 g/mol. The second-order valence-corrected chi connectivity index (χ2v) is 5.81. The predicted octanol–water partition coefficient (Wildman–Crippen LogP) is 3.00. The Kier molecular flexibility index (Phi) is 4.22. The van der Waals surface area contributed by atoms with Gasteiger partial charge in [0.15, 0.2) is 0 Å². The van der Waals surface area contributed by atoms with E-state index in [2.05, 4.69) is 38.0 Å². The number of pyridine rings is 1. The smallest absolute Gasteiger partial charge is 0.274 e. The molecule has 3 rings (SSSR count). The molecule has 0 spiro atoms. The van der Waals surface area contributed by atoms with Crippen molar-refractivity contribution in [1.29, 1.82) is 0 Å². The molecule has 0 radical (unpaired) electrons. The Morgan fingerprint density at radius 2 is 2.09 bits per heavy atom. The van der Waals surface area contributed by atoms with Gasteiger partial charge in [-0.2, -0.15) is 0 Å². The van der Waals surface area contributed by atoms with E-state index in [9.17, 15) is 4.79 Å². The molecule has 1 aromatic heterocycles. The predicted molar refractivity (Wildman–Crippen MR) is 87.7 cm³/mol. The van der Waals surface area contributed by atoms with Crippen molar-refractivity contribution in [3.8, 4) is 0 Å². The summed E-state index contributed by atoms with van der Waals surface area (Å²) in [5, 5.41) is 8.63. The summed E-state index contributed by atoms with van der Waals surface area (Å²) in [6, 6.07) is 9.06. The van der Waals surface area contributed by atoms with Gasteiger partial charge >= 0.3 is 0 Å². The lowest BCUT2D eigenvalue weighted by Crippen LogP contribution is -2.26. The van der Waals surface area contributed by atoms with Crippen LogP contribution in [0.2, 0.25) is 0 Å². The highest BCUT2D eigenvalue weighted by molar-refractivity contribution is 9.10.